The minimum absolute atomic E-state index is 0.266. The van der Waals surface area contributed by atoms with Gasteiger partial charge in [0.25, 0.3) is 0 Å². The van der Waals surface area contributed by atoms with Crippen molar-refractivity contribution in [1.29, 1.82) is 5.26 Å². The van der Waals surface area contributed by atoms with Crippen molar-refractivity contribution in [3.8, 4) is 11.8 Å². The topological polar surface area (TPSA) is 56.5 Å². The van der Waals surface area contributed by atoms with Gasteiger partial charge in [0, 0.05) is 19.7 Å². The summed E-state index contributed by atoms with van der Waals surface area (Å²) < 4.78 is 5.15. The Morgan fingerprint density at radius 3 is 3.05 bits per heavy atom. The number of hydrogen-bond donors (Lipinski definition) is 1. The van der Waals surface area contributed by atoms with Crippen molar-refractivity contribution in [3.63, 3.8) is 0 Å². The third-order valence-corrected chi connectivity index (χ3v) is 3.65. The number of nitriles is 1. The molecule has 1 aromatic carbocycles. The minimum atomic E-state index is 0.266. The molecule has 4 nitrogen and oxygen atoms in total. The maximum Gasteiger partial charge on any atom is 0.136 e. The fourth-order valence-electron chi connectivity index (χ4n) is 2.64. The average molecular weight is 260 g/mol. The van der Waals surface area contributed by atoms with Crippen LogP contribution < -0.4 is 4.74 Å². The summed E-state index contributed by atoms with van der Waals surface area (Å²) in [6, 6.07) is 7.90. The molecule has 0 radical (unpaired) electrons. The summed E-state index contributed by atoms with van der Waals surface area (Å²) >= 11 is 0. The lowest BCUT2D eigenvalue weighted by Gasteiger charge is -2.31. The molecule has 1 aliphatic heterocycles. The molecule has 1 heterocycles. The van der Waals surface area contributed by atoms with Crippen LogP contribution in [0.4, 0.5) is 0 Å². The van der Waals surface area contributed by atoms with Crippen LogP contribution in [-0.4, -0.2) is 36.8 Å². The molecule has 1 N–H and O–H groups in total. The summed E-state index contributed by atoms with van der Waals surface area (Å²) in [5.74, 6) is 1.01. The summed E-state index contributed by atoms with van der Waals surface area (Å²) in [5, 5.41) is 18.3. The van der Waals surface area contributed by atoms with Crippen LogP contribution in [0, 0.1) is 17.2 Å². The minimum Gasteiger partial charge on any atom is -0.495 e. The van der Waals surface area contributed by atoms with Gasteiger partial charge in [0.05, 0.1) is 12.7 Å². The van der Waals surface area contributed by atoms with Gasteiger partial charge in [-0.1, -0.05) is 6.07 Å². The van der Waals surface area contributed by atoms with Crippen molar-refractivity contribution in [2.45, 2.75) is 19.4 Å². The van der Waals surface area contributed by atoms with Crippen molar-refractivity contribution in [2.75, 3.05) is 26.8 Å². The van der Waals surface area contributed by atoms with Crippen molar-refractivity contribution < 1.29 is 9.84 Å². The Morgan fingerprint density at radius 2 is 2.37 bits per heavy atom. The van der Waals surface area contributed by atoms with Gasteiger partial charge in [-0.2, -0.15) is 5.26 Å². The summed E-state index contributed by atoms with van der Waals surface area (Å²) in [5.41, 5.74) is 1.70. The molecule has 0 saturated carbocycles. The Labute approximate surface area is 114 Å². The molecular weight excluding hydrogens is 240 g/mol. The zero-order valence-electron chi connectivity index (χ0n) is 11.3. The highest BCUT2D eigenvalue weighted by molar-refractivity contribution is 5.45. The average Bonchev–Trinajstić information content (AvgIpc) is 2.47. The number of aliphatic hydroxyl groups excluding tert-OH is 1. The van der Waals surface area contributed by atoms with E-state index in [0.717, 1.165) is 38.0 Å². The van der Waals surface area contributed by atoms with Crippen LogP contribution in [0.15, 0.2) is 18.2 Å². The molecule has 1 atom stereocenters. The van der Waals surface area contributed by atoms with Gasteiger partial charge in [-0.3, -0.25) is 4.90 Å². The zero-order chi connectivity index (χ0) is 13.7. The summed E-state index contributed by atoms with van der Waals surface area (Å²) in [7, 11) is 1.58. The van der Waals surface area contributed by atoms with Crippen LogP contribution in [0.2, 0.25) is 0 Å². The van der Waals surface area contributed by atoms with Crippen LogP contribution in [0.5, 0.6) is 5.75 Å². The third kappa shape index (κ3) is 3.46. The Bertz CT molecular complexity index is 468. The van der Waals surface area contributed by atoms with Gasteiger partial charge in [0.2, 0.25) is 0 Å². The lowest BCUT2D eigenvalue weighted by Crippen LogP contribution is -2.36. The predicted octanol–water partition coefficient (Wildman–Crippen LogP) is 1.77. The number of ether oxygens (including phenoxy) is 1. The second-order valence-electron chi connectivity index (χ2n) is 5.07. The molecule has 1 aliphatic rings. The number of rotatable bonds is 4. The number of nitrogens with zero attached hydrogens (tertiary/aromatic N) is 2. The van der Waals surface area contributed by atoms with E-state index in [1.165, 1.54) is 0 Å². The van der Waals surface area contributed by atoms with Crippen molar-refractivity contribution in [2.24, 2.45) is 5.92 Å². The smallest absolute Gasteiger partial charge is 0.136 e. The first-order valence-electron chi connectivity index (χ1n) is 6.67. The van der Waals surface area contributed by atoms with Crippen LogP contribution >= 0.6 is 0 Å². The Hall–Kier alpha value is -1.57. The molecule has 19 heavy (non-hydrogen) atoms. The summed E-state index contributed by atoms with van der Waals surface area (Å²) in [6.07, 6.45) is 2.24. The Balaban J connectivity index is 2.05. The van der Waals surface area contributed by atoms with Crippen LogP contribution in [0.25, 0.3) is 0 Å². The molecule has 2 rings (SSSR count). The molecule has 0 amide bonds. The number of aliphatic hydroxyl groups is 1. The molecule has 0 aliphatic carbocycles. The maximum absolute atomic E-state index is 9.24. The number of methoxy groups -OCH3 is 1. The van der Waals surface area contributed by atoms with Crippen molar-refractivity contribution in [3.05, 3.63) is 29.3 Å². The van der Waals surface area contributed by atoms with E-state index in [-0.39, 0.29) is 6.61 Å². The monoisotopic (exact) mass is 260 g/mol. The SMILES string of the molecule is COc1ccc(CN2CCCC(CO)C2)cc1C#N. The van der Waals surface area contributed by atoms with E-state index < -0.39 is 0 Å². The maximum atomic E-state index is 9.24. The first-order valence-corrected chi connectivity index (χ1v) is 6.67. The van der Waals surface area contributed by atoms with E-state index in [2.05, 4.69) is 11.0 Å². The number of likely N-dealkylation sites (tertiary alicyclic amines) is 1. The van der Waals surface area contributed by atoms with Crippen LogP contribution in [0.1, 0.15) is 24.0 Å². The van der Waals surface area contributed by atoms with Gasteiger partial charge in [-0.25, -0.2) is 0 Å². The van der Waals surface area contributed by atoms with E-state index in [4.69, 9.17) is 10.00 Å². The van der Waals surface area contributed by atoms with Crippen LogP contribution in [0.3, 0.4) is 0 Å². The third-order valence-electron chi connectivity index (χ3n) is 3.65. The predicted molar refractivity (Wildman–Crippen MR) is 72.8 cm³/mol. The molecule has 1 unspecified atom stereocenters. The van der Waals surface area contributed by atoms with Gasteiger partial charge in [0.1, 0.15) is 11.8 Å². The molecular formula is C15H20N2O2. The fraction of sp³-hybridized carbons (Fsp3) is 0.533. The van der Waals surface area contributed by atoms with Crippen molar-refractivity contribution >= 4 is 0 Å². The van der Waals surface area contributed by atoms with Gasteiger partial charge in [0.15, 0.2) is 0 Å². The lowest BCUT2D eigenvalue weighted by atomic mass is 9.98. The number of benzene rings is 1. The largest absolute Gasteiger partial charge is 0.495 e. The molecule has 1 aromatic rings. The number of hydrogen-bond acceptors (Lipinski definition) is 4. The van der Waals surface area contributed by atoms with E-state index in [1.54, 1.807) is 7.11 Å². The molecule has 0 aromatic heterocycles. The van der Waals surface area contributed by atoms with Crippen molar-refractivity contribution in [1.82, 2.24) is 4.90 Å². The van der Waals surface area contributed by atoms with E-state index in [1.807, 2.05) is 18.2 Å². The number of piperidine rings is 1. The first kappa shape index (κ1) is 13.9. The fourth-order valence-corrected chi connectivity index (χ4v) is 2.64. The highest BCUT2D eigenvalue weighted by Gasteiger charge is 2.19. The Kier molecular flexibility index (Phi) is 4.78. The van der Waals surface area contributed by atoms with Gasteiger partial charge in [-0.15, -0.1) is 0 Å². The standard InChI is InChI=1S/C15H20N2O2/c1-19-15-5-4-12(7-14(15)8-16)9-17-6-2-3-13(10-17)11-18/h4-5,7,13,18H,2-3,6,9-11H2,1H3. The quantitative estimate of drug-likeness (QED) is 0.896. The molecule has 1 fully saturated rings. The Morgan fingerprint density at radius 1 is 1.53 bits per heavy atom. The second kappa shape index (κ2) is 6.55. The van der Waals surface area contributed by atoms with Gasteiger partial charge in [-0.05, 0) is 43.0 Å². The van der Waals surface area contributed by atoms with Crippen LogP contribution in [-0.2, 0) is 6.54 Å². The highest BCUT2D eigenvalue weighted by Crippen LogP contribution is 2.22. The molecule has 4 heteroatoms. The normalized spacial score (nSPS) is 19.9. The van der Waals surface area contributed by atoms with Gasteiger partial charge < -0.3 is 9.84 Å². The summed E-state index contributed by atoms with van der Waals surface area (Å²) in [4.78, 5) is 2.34. The molecule has 0 spiro atoms. The van der Waals surface area contributed by atoms with E-state index in [0.29, 0.717) is 17.2 Å². The van der Waals surface area contributed by atoms with Gasteiger partial charge >= 0.3 is 0 Å². The van der Waals surface area contributed by atoms with E-state index in [9.17, 15) is 5.11 Å². The zero-order valence-corrected chi connectivity index (χ0v) is 11.3. The molecule has 102 valence electrons. The molecule has 1 saturated heterocycles. The first-order chi connectivity index (χ1) is 9.26. The highest BCUT2D eigenvalue weighted by atomic mass is 16.5. The molecule has 0 bridgehead atoms. The van der Waals surface area contributed by atoms with E-state index >= 15 is 0 Å². The summed E-state index contributed by atoms with van der Waals surface area (Å²) in [6.45, 7) is 3.09. The lowest BCUT2D eigenvalue weighted by molar-refractivity contribution is 0.116. The second-order valence-corrected chi connectivity index (χ2v) is 5.07.